The quantitative estimate of drug-likeness (QED) is 0.721. The predicted molar refractivity (Wildman–Crippen MR) is 64.9 cm³/mol. The van der Waals surface area contributed by atoms with Crippen LogP contribution in [-0.4, -0.2) is 58.2 Å². The Morgan fingerprint density at radius 3 is 2.70 bits per heavy atom. The van der Waals surface area contributed by atoms with Crippen molar-refractivity contribution in [2.24, 2.45) is 0 Å². The van der Waals surface area contributed by atoms with Crippen molar-refractivity contribution in [1.29, 1.82) is 0 Å². The third-order valence-corrected chi connectivity index (χ3v) is 2.27. The number of anilines is 1. The highest BCUT2D eigenvalue weighted by molar-refractivity contribution is 5.98. The zero-order valence-electron chi connectivity index (χ0n) is 10.3. The topological polar surface area (TPSA) is 103 Å². The number of nitrogens with one attached hydrogen (secondary N) is 1. The molecule has 7 nitrogen and oxygen atoms in total. The Morgan fingerprint density at radius 2 is 2.15 bits per heavy atom. The van der Waals surface area contributed by atoms with E-state index in [1.54, 1.807) is 0 Å². The van der Waals surface area contributed by atoms with Crippen LogP contribution in [0.15, 0.2) is 18.3 Å². The fourth-order valence-electron chi connectivity index (χ4n) is 1.43. The number of amides is 2. The molecule has 0 aromatic carbocycles. The minimum Gasteiger partial charge on any atom is -0.476 e. The molecule has 1 aromatic rings. The first-order valence-corrected chi connectivity index (χ1v) is 5.59. The lowest BCUT2D eigenvalue weighted by molar-refractivity contribution is 0.0691. The van der Waals surface area contributed by atoms with Gasteiger partial charge in [0.25, 0.3) is 6.43 Å². The molecule has 0 aliphatic carbocycles. The first-order valence-electron chi connectivity index (χ1n) is 5.59. The van der Waals surface area contributed by atoms with Gasteiger partial charge in [-0.2, -0.15) is 0 Å². The van der Waals surface area contributed by atoms with Crippen molar-refractivity contribution >= 4 is 17.7 Å². The van der Waals surface area contributed by atoms with Crippen molar-refractivity contribution in [2.75, 3.05) is 25.0 Å². The molecule has 1 heterocycles. The number of aromatic nitrogens is 1. The van der Waals surface area contributed by atoms with E-state index in [1.807, 2.05) is 0 Å². The molecule has 0 spiro atoms. The number of aliphatic hydroxyl groups is 1. The Balaban J connectivity index is 2.85. The van der Waals surface area contributed by atoms with Crippen LogP contribution < -0.4 is 5.32 Å². The van der Waals surface area contributed by atoms with Gasteiger partial charge in [-0.25, -0.2) is 23.4 Å². The number of carboxylic acid groups (broad SMARTS) is 1. The highest BCUT2D eigenvalue weighted by Gasteiger charge is 2.20. The fourth-order valence-corrected chi connectivity index (χ4v) is 1.43. The molecule has 2 amide bonds. The second kappa shape index (κ2) is 7.34. The number of nitrogens with zero attached hydrogens (tertiary/aromatic N) is 2. The zero-order valence-corrected chi connectivity index (χ0v) is 10.3. The molecular weight excluding hydrogens is 276 g/mol. The normalized spacial score (nSPS) is 10.4. The molecule has 9 heteroatoms. The maximum atomic E-state index is 12.3. The summed E-state index contributed by atoms with van der Waals surface area (Å²) in [7, 11) is 0. The summed E-state index contributed by atoms with van der Waals surface area (Å²) in [4.78, 5) is 26.9. The number of pyridine rings is 1. The molecule has 0 unspecified atom stereocenters. The van der Waals surface area contributed by atoms with Gasteiger partial charge in [-0.05, 0) is 12.1 Å². The van der Waals surface area contributed by atoms with Crippen LogP contribution in [0, 0.1) is 0 Å². The predicted octanol–water partition coefficient (Wildman–Crippen LogP) is 0.871. The zero-order chi connectivity index (χ0) is 15.1. The van der Waals surface area contributed by atoms with Crippen molar-refractivity contribution in [3.05, 3.63) is 24.0 Å². The van der Waals surface area contributed by atoms with Crippen LogP contribution in [0.3, 0.4) is 0 Å². The minimum absolute atomic E-state index is 0.109. The molecule has 110 valence electrons. The summed E-state index contributed by atoms with van der Waals surface area (Å²) in [5.41, 5.74) is -0.510. The van der Waals surface area contributed by atoms with Crippen LogP contribution in [0.25, 0.3) is 0 Å². The van der Waals surface area contributed by atoms with Crippen LogP contribution in [0.2, 0.25) is 0 Å². The summed E-state index contributed by atoms with van der Waals surface area (Å²) < 4.78 is 24.6. The Kier molecular flexibility index (Phi) is 5.78. The number of alkyl halides is 2. The van der Waals surface area contributed by atoms with Crippen LogP contribution >= 0.6 is 0 Å². The van der Waals surface area contributed by atoms with Crippen molar-refractivity contribution in [2.45, 2.75) is 6.43 Å². The van der Waals surface area contributed by atoms with E-state index >= 15 is 0 Å². The monoisotopic (exact) mass is 289 g/mol. The second-order valence-electron chi connectivity index (χ2n) is 3.70. The van der Waals surface area contributed by atoms with Crippen molar-refractivity contribution in [3.8, 4) is 0 Å². The molecule has 0 atom stereocenters. The van der Waals surface area contributed by atoms with Crippen LogP contribution in [-0.2, 0) is 0 Å². The van der Waals surface area contributed by atoms with E-state index in [1.165, 1.54) is 18.3 Å². The highest BCUT2D eigenvalue weighted by Crippen LogP contribution is 2.13. The summed E-state index contributed by atoms with van der Waals surface area (Å²) >= 11 is 0. The molecule has 1 rings (SSSR count). The van der Waals surface area contributed by atoms with Gasteiger partial charge in [0.15, 0.2) is 5.69 Å². The smallest absolute Gasteiger partial charge is 0.356 e. The first-order chi connectivity index (χ1) is 9.45. The van der Waals surface area contributed by atoms with Gasteiger partial charge in [0.05, 0.1) is 18.8 Å². The Hall–Kier alpha value is -2.29. The summed E-state index contributed by atoms with van der Waals surface area (Å²) in [6, 6.07) is 1.74. The van der Waals surface area contributed by atoms with E-state index in [2.05, 4.69) is 10.3 Å². The minimum atomic E-state index is -2.76. The van der Waals surface area contributed by atoms with Gasteiger partial charge in [-0.3, -0.25) is 0 Å². The standard InChI is InChI=1S/C11H13F2N3O4/c12-8(13)6-16(4-5-17)11(20)15-7-2-1-3-14-9(7)10(18)19/h1-3,8,17H,4-6H2,(H,15,20)(H,18,19). The molecule has 0 saturated carbocycles. The SMILES string of the molecule is O=C(O)c1ncccc1NC(=O)N(CCO)CC(F)F. The number of carbonyl (C=O) groups is 2. The Bertz CT molecular complexity index is 484. The Labute approximate surface area is 112 Å². The van der Waals surface area contributed by atoms with Crippen LogP contribution in [0.1, 0.15) is 10.5 Å². The molecule has 3 N–H and O–H groups in total. The molecule has 0 aliphatic heterocycles. The average Bonchev–Trinajstić information content (AvgIpc) is 2.38. The fraction of sp³-hybridized carbons (Fsp3) is 0.364. The number of halogens is 2. The number of carboxylic acids is 1. The summed E-state index contributed by atoms with van der Waals surface area (Å²) in [5, 5.41) is 19.8. The third-order valence-electron chi connectivity index (χ3n) is 2.27. The number of urea groups is 1. The number of rotatable bonds is 6. The van der Waals surface area contributed by atoms with Gasteiger partial charge in [0.2, 0.25) is 0 Å². The average molecular weight is 289 g/mol. The molecule has 20 heavy (non-hydrogen) atoms. The molecule has 1 aromatic heterocycles. The maximum absolute atomic E-state index is 12.3. The lowest BCUT2D eigenvalue weighted by Gasteiger charge is -2.21. The van der Waals surface area contributed by atoms with Gasteiger partial charge in [-0.15, -0.1) is 0 Å². The maximum Gasteiger partial charge on any atom is 0.356 e. The summed E-state index contributed by atoms with van der Waals surface area (Å²) in [6.45, 7) is -1.65. The van der Waals surface area contributed by atoms with E-state index in [0.717, 1.165) is 0 Å². The van der Waals surface area contributed by atoms with Crippen LogP contribution in [0.4, 0.5) is 19.3 Å². The molecule has 0 fully saturated rings. The van der Waals surface area contributed by atoms with Crippen molar-refractivity contribution in [3.63, 3.8) is 0 Å². The van der Waals surface area contributed by atoms with Gasteiger partial charge in [-0.1, -0.05) is 0 Å². The van der Waals surface area contributed by atoms with Crippen LogP contribution in [0.5, 0.6) is 0 Å². The second-order valence-corrected chi connectivity index (χ2v) is 3.70. The molecule has 0 bridgehead atoms. The Morgan fingerprint density at radius 1 is 1.45 bits per heavy atom. The lowest BCUT2D eigenvalue weighted by atomic mass is 10.3. The number of hydrogen-bond acceptors (Lipinski definition) is 4. The summed E-state index contributed by atoms with van der Waals surface area (Å²) in [5.74, 6) is -1.36. The molecular formula is C11H13F2N3O4. The van der Waals surface area contributed by atoms with Crippen molar-refractivity contribution < 1.29 is 28.6 Å². The van der Waals surface area contributed by atoms with E-state index in [9.17, 15) is 18.4 Å². The van der Waals surface area contributed by atoms with E-state index in [-0.39, 0.29) is 12.2 Å². The van der Waals surface area contributed by atoms with Gasteiger partial charge >= 0.3 is 12.0 Å². The number of aromatic carboxylic acids is 1. The first kappa shape index (κ1) is 15.8. The molecule has 0 radical (unpaired) electrons. The molecule has 0 saturated heterocycles. The van der Waals surface area contributed by atoms with E-state index in [0.29, 0.717) is 4.90 Å². The van der Waals surface area contributed by atoms with E-state index < -0.39 is 37.3 Å². The molecule has 0 aliphatic rings. The highest BCUT2D eigenvalue weighted by atomic mass is 19.3. The van der Waals surface area contributed by atoms with Gasteiger partial charge in [0, 0.05) is 12.7 Å². The van der Waals surface area contributed by atoms with Gasteiger partial charge in [0.1, 0.15) is 0 Å². The summed E-state index contributed by atoms with van der Waals surface area (Å²) in [6.07, 6.45) is -1.54. The third kappa shape index (κ3) is 4.43. The largest absolute Gasteiger partial charge is 0.476 e. The van der Waals surface area contributed by atoms with E-state index in [4.69, 9.17) is 10.2 Å². The number of aliphatic hydroxyl groups excluding tert-OH is 1. The number of hydrogen-bond donors (Lipinski definition) is 3. The van der Waals surface area contributed by atoms with Gasteiger partial charge < -0.3 is 20.4 Å². The number of carbonyl (C=O) groups excluding carboxylic acids is 1. The lowest BCUT2D eigenvalue weighted by Crippen LogP contribution is -2.40. The van der Waals surface area contributed by atoms with Crippen molar-refractivity contribution in [1.82, 2.24) is 9.88 Å².